The summed E-state index contributed by atoms with van der Waals surface area (Å²) in [6.45, 7) is 1.79. The molecule has 3 aromatic rings. The van der Waals surface area contributed by atoms with Crippen molar-refractivity contribution in [2.24, 2.45) is 0 Å². The summed E-state index contributed by atoms with van der Waals surface area (Å²) in [6.07, 6.45) is 2.20. The first-order chi connectivity index (χ1) is 13.0. The Bertz CT molecular complexity index is 992. The first kappa shape index (κ1) is 17.9. The van der Waals surface area contributed by atoms with Crippen molar-refractivity contribution in [1.29, 1.82) is 0 Å². The summed E-state index contributed by atoms with van der Waals surface area (Å²) in [6, 6.07) is 9.48. The number of carbonyl (C=O) groups is 1. The fraction of sp³-hybridized carbons (Fsp3) is 0.278. The second-order valence-electron chi connectivity index (χ2n) is 6.50. The molecule has 0 bridgehead atoms. The molecule has 0 unspecified atom stereocenters. The molecule has 138 valence electrons. The fourth-order valence-electron chi connectivity index (χ4n) is 2.83. The summed E-state index contributed by atoms with van der Waals surface area (Å²) in [5.41, 5.74) is 2.71. The van der Waals surface area contributed by atoms with Crippen molar-refractivity contribution in [2.45, 2.75) is 32.2 Å². The van der Waals surface area contributed by atoms with Crippen LogP contribution in [0.2, 0.25) is 10.2 Å². The molecule has 7 nitrogen and oxygen atoms in total. The zero-order valence-electron chi connectivity index (χ0n) is 14.5. The lowest BCUT2D eigenvalue weighted by atomic mass is 10.1. The number of halogens is 2. The van der Waals surface area contributed by atoms with E-state index in [1.54, 1.807) is 13.0 Å². The summed E-state index contributed by atoms with van der Waals surface area (Å²) < 4.78 is 1.83. The van der Waals surface area contributed by atoms with E-state index < -0.39 is 0 Å². The maximum absolute atomic E-state index is 12.5. The zero-order valence-corrected chi connectivity index (χ0v) is 16.0. The van der Waals surface area contributed by atoms with Gasteiger partial charge in [0.2, 0.25) is 5.91 Å². The Kier molecular flexibility index (Phi) is 4.80. The van der Waals surface area contributed by atoms with E-state index in [0.29, 0.717) is 33.8 Å². The van der Waals surface area contributed by atoms with Gasteiger partial charge in [-0.1, -0.05) is 35.3 Å². The van der Waals surface area contributed by atoms with Crippen LogP contribution in [0.4, 0.5) is 5.69 Å². The number of tetrazole rings is 1. The average Bonchev–Trinajstić information content (AvgIpc) is 3.35. The van der Waals surface area contributed by atoms with Crippen molar-refractivity contribution in [3.8, 4) is 11.4 Å². The van der Waals surface area contributed by atoms with Crippen LogP contribution in [0.1, 0.15) is 30.1 Å². The maximum atomic E-state index is 12.5. The van der Waals surface area contributed by atoms with Gasteiger partial charge in [-0.2, -0.15) is 0 Å². The summed E-state index contributed by atoms with van der Waals surface area (Å²) in [5.74, 6) is 0.464. The molecule has 0 aliphatic heterocycles. The molecule has 0 spiro atoms. The number of amides is 1. The monoisotopic (exact) mass is 402 g/mol. The highest BCUT2D eigenvalue weighted by Crippen LogP contribution is 2.36. The molecule has 1 aliphatic carbocycles. The van der Waals surface area contributed by atoms with Gasteiger partial charge in [0.05, 0.1) is 12.5 Å². The second-order valence-corrected chi connectivity index (χ2v) is 7.26. The third-order valence-corrected chi connectivity index (χ3v) is 4.92. The van der Waals surface area contributed by atoms with Gasteiger partial charge in [0.15, 0.2) is 5.82 Å². The van der Waals surface area contributed by atoms with Crippen LogP contribution < -0.4 is 5.32 Å². The smallest absolute Gasteiger partial charge is 0.228 e. The molecule has 0 saturated heterocycles. The Morgan fingerprint density at radius 1 is 1.30 bits per heavy atom. The van der Waals surface area contributed by atoms with Crippen LogP contribution in [0.25, 0.3) is 11.4 Å². The van der Waals surface area contributed by atoms with E-state index in [4.69, 9.17) is 23.2 Å². The first-order valence-corrected chi connectivity index (χ1v) is 9.26. The highest BCUT2D eigenvalue weighted by Gasteiger charge is 2.28. The summed E-state index contributed by atoms with van der Waals surface area (Å²) in [7, 11) is 0. The molecule has 1 aliphatic rings. The summed E-state index contributed by atoms with van der Waals surface area (Å²) >= 11 is 12.3. The molecule has 1 fully saturated rings. The second kappa shape index (κ2) is 7.25. The molecule has 1 amide bonds. The predicted molar refractivity (Wildman–Crippen MR) is 103 cm³/mol. The van der Waals surface area contributed by atoms with Gasteiger partial charge in [-0.05, 0) is 48.4 Å². The van der Waals surface area contributed by atoms with E-state index >= 15 is 0 Å². The van der Waals surface area contributed by atoms with Crippen LogP contribution in [0.5, 0.6) is 0 Å². The van der Waals surface area contributed by atoms with Gasteiger partial charge >= 0.3 is 0 Å². The number of rotatable bonds is 5. The van der Waals surface area contributed by atoms with Crippen molar-refractivity contribution in [3.05, 3.63) is 51.8 Å². The Labute approximate surface area is 165 Å². The third kappa shape index (κ3) is 3.94. The SMILES string of the molecule is Cc1cc(Cl)c(CC(=O)Nc2cccc(-c3nnnn3C3CC3)c2)c(Cl)n1. The van der Waals surface area contributed by atoms with Crippen LogP contribution in [0.3, 0.4) is 0 Å². The van der Waals surface area contributed by atoms with Gasteiger partial charge in [-0.3, -0.25) is 4.79 Å². The first-order valence-electron chi connectivity index (χ1n) is 8.51. The number of anilines is 1. The topological polar surface area (TPSA) is 85.6 Å². The van der Waals surface area contributed by atoms with Gasteiger partial charge in [-0.15, -0.1) is 5.10 Å². The number of pyridine rings is 1. The van der Waals surface area contributed by atoms with E-state index in [-0.39, 0.29) is 17.5 Å². The van der Waals surface area contributed by atoms with Crippen LogP contribution in [0, 0.1) is 6.92 Å². The van der Waals surface area contributed by atoms with E-state index in [2.05, 4.69) is 25.8 Å². The Balaban J connectivity index is 1.52. The molecule has 0 radical (unpaired) electrons. The standard InChI is InChI=1S/C18H16Cl2N6O/c1-10-7-15(19)14(17(20)21-10)9-16(27)22-12-4-2-3-11(8-12)18-23-24-25-26(18)13-5-6-13/h2-4,7-8,13H,5-6,9H2,1H3,(H,22,27). The Morgan fingerprint density at radius 2 is 2.11 bits per heavy atom. The number of carbonyl (C=O) groups excluding carboxylic acids is 1. The molecule has 1 N–H and O–H groups in total. The summed E-state index contributed by atoms with van der Waals surface area (Å²) in [5, 5.41) is 15.5. The van der Waals surface area contributed by atoms with Gasteiger partial charge in [0, 0.05) is 27.5 Å². The number of nitrogens with one attached hydrogen (secondary N) is 1. The molecule has 2 heterocycles. The molecular weight excluding hydrogens is 387 g/mol. The van der Waals surface area contributed by atoms with Crippen LogP contribution in [-0.2, 0) is 11.2 Å². The van der Waals surface area contributed by atoms with Gasteiger partial charge in [0.25, 0.3) is 0 Å². The lowest BCUT2D eigenvalue weighted by Crippen LogP contribution is -2.15. The minimum atomic E-state index is -0.233. The molecule has 4 rings (SSSR count). The average molecular weight is 403 g/mol. The number of hydrogen-bond acceptors (Lipinski definition) is 5. The van der Waals surface area contributed by atoms with E-state index in [1.807, 2.05) is 28.9 Å². The van der Waals surface area contributed by atoms with Crippen molar-refractivity contribution >= 4 is 34.8 Å². The molecule has 1 saturated carbocycles. The maximum Gasteiger partial charge on any atom is 0.228 e. The predicted octanol–water partition coefficient (Wildman–Crippen LogP) is 3.87. The normalized spacial score (nSPS) is 13.6. The zero-order chi connectivity index (χ0) is 19.0. The van der Waals surface area contributed by atoms with Gasteiger partial charge in [0.1, 0.15) is 5.15 Å². The largest absolute Gasteiger partial charge is 0.326 e. The minimum absolute atomic E-state index is 0.0367. The molecule has 0 atom stereocenters. The molecule has 9 heteroatoms. The lowest BCUT2D eigenvalue weighted by molar-refractivity contribution is -0.115. The Hall–Kier alpha value is -2.51. The summed E-state index contributed by atoms with van der Waals surface area (Å²) in [4.78, 5) is 16.6. The number of benzene rings is 1. The highest BCUT2D eigenvalue weighted by atomic mass is 35.5. The highest BCUT2D eigenvalue weighted by molar-refractivity contribution is 6.35. The quantitative estimate of drug-likeness (QED) is 0.654. The fourth-order valence-corrected chi connectivity index (χ4v) is 3.50. The molecular formula is C18H16Cl2N6O. The number of hydrogen-bond donors (Lipinski definition) is 1. The van der Waals surface area contributed by atoms with Crippen molar-refractivity contribution in [1.82, 2.24) is 25.2 Å². The van der Waals surface area contributed by atoms with Gasteiger partial charge < -0.3 is 5.32 Å². The third-order valence-electron chi connectivity index (χ3n) is 4.27. The van der Waals surface area contributed by atoms with E-state index in [1.165, 1.54) is 0 Å². The number of aromatic nitrogens is 5. The van der Waals surface area contributed by atoms with Crippen molar-refractivity contribution in [3.63, 3.8) is 0 Å². The number of nitrogens with zero attached hydrogens (tertiary/aromatic N) is 5. The number of aryl methyl sites for hydroxylation is 1. The molecule has 2 aromatic heterocycles. The van der Waals surface area contributed by atoms with Gasteiger partial charge in [-0.25, -0.2) is 9.67 Å². The lowest BCUT2D eigenvalue weighted by Gasteiger charge is -2.10. The van der Waals surface area contributed by atoms with E-state index in [9.17, 15) is 4.79 Å². The van der Waals surface area contributed by atoms with Crippen LogP contribution in [0.15, 0.2) is 30.3 Å². The van der Waals surface area contributed by atoms with Crippen LogP contribution in [-0.4, -0.2) is 31.1 Å². The van der Waals surface area contributed by atoms with Crippen LogP contribution >= 0.6 is 23.2 Å². The van der Waals surface area contributed by atoms with Crippen molar-refractivity contribution < 1.29 is 4.79 Å². The molecule has 27 heavy (non-hydrogen) atoms. The minimum Gasteiger partial charge on any atom is -0.326 e. The molecule has 1 aromatic carbocycles. The van der Waals surface area contributed by atoms with E-state index in [0.717, 1.165) is 18.4 Å². The van der Waals surface area contributed by atoms with Crippen molar-refractivity contribution in [2.75, 3.05) is 5.32 Å². The Morgan fingerprint density at radius 3 is 2.85 bits per heavy atom.